The van der Waals surface area contributed by atoms with Crippen molar-refractivity contribution in [2.24, 2.45) is 0 Å². The van der Waals surface area contributed by atoms with Crippen LogP contribution in [0.3, 0.4) is 0 Å². The number of halogens is 1. The SMILES string of the molecule is Cc1cccc(OC(=O)c2[nH]ccc2C2CCNCC2)c1.Cl. The Morgan fingerprint density at radius 1 is 1.23 bits per heavy atom. The minimum atomic E-state index is -0.306. The average molecular weight is 321 g/mol. The van der Waals surface area contributed by atoms with E-state index < -0.39 is 0 Å². The fraction of sp³-hybridized carbons (Fsp3) is 0.353. The van der Waals surface area contributed by atoms with Crippen LogP contribution in [0.4, 0.5) is 0 Å². The molecule has 1 aromatic carbocycles. The normalized spacial score (nSPS) is 15.1. The molecule has 0 unspecified atom stereocenters. The molecule has 118 valence electrons. The molecule has 2 N–H and O–H groups in total. The van der Waals surface area contributed by atoms with Gasteiger partial charge in [-0.15, -0.1) is 12.4 Å². The van der Waals surface area contributed by atoms with E-state index in [1.165, 1.54) is 0 Å². The van der Waals surface area contributed by atoms with Crippen LogP contribution in [-0.4, -0.2) is 24.0 Å². The van der Waals surface area contributed by atoms with Gasteiger partial charge in [-0.05, 0) is 68.1 Å². The summed E-state index contributed by atoms with van der Waals surface area (Å²) in [5.74, 6) is 0.711. The van der Waals surface area contributed by atoms with E-state index in [0.29, 0.717) is 17.4 Å². The maximum absolute atomic E-state index is 12.4. The maximum Gasteiger partial charge on any atom is 0.360 e. The van der Waals surface area contributed by atoms with Crippen LogP contribution in [0.1, 0.15) is 40.4 Å². The van der Waals surface area contributed by atoms with Gasteiger partial charge in [-0.3, -0.25) is 0 Å². The van der Waals surface area contributed by atoms with Crippen LogP contribution >= 0.6 is 12.4 Å². The molecule has 2 aromatic rings. The van der Waals surface area contributed by atoms with Gasteiger partial charge in [0.15, 0.2) is 0 Å². The van der Waals surface area contributed by atoms with Crippen LogP contribution in [0.25, 0.3) is 0 Å². The highest BCUT2D eigenvalue weighted by Crippen LogP contribution is 2.28. The minimum absolute atomic E-state index is 0. The molecule has 0 atom stereocenters. The number of benzene rings is 1. The van der Waals surface area contributed by atoms with Crippen molar-refractivity contribution in [3.05, 3.63) is 53.3 Å². The van der Waals surface area contributed by atoms with E-state index in [4.69, 9.17) is 4.74 Å². The first-order valence-corrected chi connectivity index (χ1v) is 7.41. The molecule has 1 aliphatic rings. The van der Waals surface area contributed by atoms with Crippen molar-refractivity contribution in [3.63, 3.8) is 0 Å². The molecule has 2 heterocycles. The van der Waals surface area contributed by atoms with Crippen molar-refractivity contribution in [1.82, 2.24) is 10.3 Å². The Labute approximate surface area is 136 Å². The Balaban J connectivity index is 0.00000176. The van der Waals surface area contributed by atoms with E-state index in [1.807, 2.05) is 37.4 Å². The van der Waals surface area contributed by atoms with Crippen molar-refractivity contribution in [2.75, 3.05) is 13.1 Å². The largest absolute Gasteiger partial charge is 0.422 e. The Bertz CT molecular complexity index is 633. The number of hydrogen-bond acceptors (Lipinski definition) is 3. The molecule has 1 fully saturated rings. The topological polar surface area (TPSA) is 54.1 Å². The molecule has 1 aromatic heterocycles. The Kier molecular flexibility index (Phi) is 5.63. The number of aryl methyl sites for hydroxylation is 1. The Hall–Kier alpha value is -1.78. The number of rotatable bonds is 3. The highest BCUT2D eigenvalue weighted by molar-refractivity contribution is 5.91. The van der Waals surface area contributed by atoms with Crippen LogP contribution < -0.4 is 10.1 Å². The molecular formula is C17H21ClN2O2. The Morgan fingerprint density at radius 2 is 2.00 bits per heavy atom. The molecule has 0 saturated carbocycles. The molecule has 3 rings (SSSR count). The van der Waals surface area contributed by atoms with Gasteiger partial charge in [0.05, 0.1) is 0 Å². The summed E-state index contributed by atoms with van der Waals surface area (Å²) in [6, 6.07) is 9.54. The Morgan fingerprint density at radius 3 is 2.73 bits per heavy atom. The standard InChI is InChI=1S/C17H20N2O2.ClH/c1-12-3-2-4-14(11-12)21-17(20)16-15(7-10-19-16)13-5-8-18-9-6-13;/h2-4,7,10-11,13,18-19H,5-6,8-9H2,1H3;1H. The molecular weight excluding hydrogens is 300 g/mol. The monoisotopic (exact) mass is 320 g/mol. The minimum Gasteiger partial charge on any atom is -0.422 e. The first kappa shape index (κ1) is 16.6. The van der Waals surface area contributed by atoms with E-state index in [9.17, 15) is 4.79 Å². The van der Waals surface area contributed by atoms with Crippen molar-refractivity contribution < 1.29 is 9.53 Å². The lowest BCUT2D eigenvalue weighted by molar-refractivity contribution is 0.0727. The average Bonchev–Trinajstić information content (AvgIpc) is 2.98. The lowest BCUT2D eigenvalue weighted by Crippen LogP contribution is -2.27. The molecule has 0 bridgehead atoms. The van der Waals surface area contributed by atoms with Crippen molar-refractivity contribution in [1.29, 1.82) is 0 Å². The van der Waals surface area contributed by atoms with Gasteiger partial charge in [0.25, 0.3) is 0 Å². The number of nitrogens with one attached hydrogen (secondary N) is 2. The second kappa shape index (κ2) is 7.47. The first-order valence-electron chi connectivity index (χ1n) is 7.41. The predicted octanol–water partition coefficient (Wildman–Crippen LogP) is 3.43. The highest BCUT2D eigenvalue weighted by atomic mass is 35.5. The number of piperidine rings is 1. The summed E-state index contributed by atoms with van der Waals surface area (Å²) >= 11 is 0. The molecule has 1 saturated heterocycles. The number of H-pyrrole nitrogens is 1. The number of hydrogen-bond donors (Lipinski definition) is 2. The van der Waals surface area contributed by atoms with Crippen LogP contribution in [0.15, 0.2) is 36.5 Å². The van der Waals surface area contributed by atoms with Gasteiger partial charge in [0.1, 0.15) is 11.4 Å². The second-order valence-electron chi connectivity index (χ2n) is 5.54. The molecule has 4 nitrogen and oxygen atoms in total. The van der Waals surface area contributed by atoms with E-state index in [1.54, 1.807) is 6.07 Å². The summed E-state index contributed by atoms with van der Waals surface area (Å²) < 4.78 is 5.49. The predicted molar refractivity (Wildman–Crippen MR) is 89.0 cm³/mol. The van der Waals surface area contributed by atoms with E-state index in [0.717, 1.165) is 37.1 Å². The fourth-order valence-electron chi connectivity index (χ4n) is 2.87. The third kappa shape index (κ3) is 3.70. The number of aromatic amines is 1. The van der Waals surface area contributed by atoms with E-state index in [-0.39, 0.29) is 18.4 Å². The quantitative estimate of drug-likeness (QED) is 0.673. The number of carbonyl (C=O) groups is 1. The fourth-order valence-corrected chi connectivity index (χ4v) is 2.87. The summed E-state index contributed by atoms with van der Waals surface area (Å²) in [5.41, 5.74) is 2.74. The van der Waals surface area contributed by atoms with Crippen LogP contribution in [0, 0.1) is 6.92 Å². The van der Waals surface area contributed by atoms with Crippen LogP contribution in [0.5, 0.6) is 5.75 Å². The molecule has 1 aliphatic heterocycles. The van der Waals surface area contributed by atoms with Crippen molar-refractivity contribution >= 4 is 18.4 Å². The second-order valence-corrected chi connectivity index (χ2v) is 5.54. The van der Waals surface area contributed by atoms with Crippen molar-refractivity contribution in [2.45, 2.75) is 25.7 Å². The van der Waals surface area contributed by atoms with Gasteiger partial charge in [-0.25, -0.2) is 4.79 Å². The number of ether oxygens (including phenoxy) is 1. The lowest BCUT2D eigenvalue weighted by Gasteiger charge is -2.22. The molecule has 22 heavy (non-hydrogen) atoms. The zero-order valence-electron chi connectivity index (χ0n) is 12.6. The molecule has 5 heteroatoms. The van der Waals surface area contributed by atoms with Gasteiger partial charge in [0, 0.05) is 6.20 Å². The third-order valence-corrected chi connectivity index (χ3v) is 3.96. The first-order chi connectivity index (χ1) is 10.2. The van der Waals surface area contributed by atoms with Gasteiger partial charge in [-0.1, -0.05) is 12.1 Å². The molecule has 0 spiro atoms. The summed E-state index contributed by atoms with van der Waals surface area (Å²) in [4.78, 5) is 15.4. The molecule has 0 radical (unpaired) electrons. The summed E-state index contributed by atoms with van der Waals surface area (Å²) in [5, 5.41) is 3.35. The maximum atomic E-state index is 12.4. The summed E-state index contributed by atoms with van der Waals surface area (Å²) in [6.45, 7) is 3.98. The number of carbonyl (C=O) groups excluding carboxylic acids is 1. The van der Waals surface area contributed by atoms with Crippen molar-refractivity contribution in [3.8, 4) is 5.75 Å². The van der Waals surface area contributed by atoms with Crippen LogP contribution in [0.2, 0.25) is 0 Å². The summed E-state index contributed by atoms with van der Waals surface area (Å²) in [7, 11) is 0. The van der Waals surface area contributed by atoms with Gasteiger partial charge in [0.2, 0.25) is 0 Å². The summed E-state index contributed by atoms with van der Waals surface area (Å²) in [6.07, 6.45) is 3.94. The third-order valence-electron chi connectivity index (χ3n) is 3.96. The lowest BCUT2D eigenvalue weighted by atomic mass is 9.90. The molecule has 0 amide bonds. The van der Waals surface area contributed by atoms with Gasteiger partial charge in [-0.2, -0.15) is 0 Å². The number of esters is 1. The molecule has 0 aliphatic carbocycles. The van der Waals surface area contributed by atoms with E-state index in [2.05, 4.69) is 10.3 Å². The zero-order chi connectivity index (χ0) is 14.7. The highest BCUT2D eigenvalue weighted by Gasteiger charge is 2.23. The number of aromatic nitrogens is 1. The van der Waals surface area contributed by atoms with Crippen LogP contribution in [-0.2, 0) is 0 Å². The van der Waals surface area contributed by atoms with Gasteiger partial charge < -0.3 is 15.0 Å². The van der Waals surface area contributed by atoms with E-state index >= 15 is 0 Å². The smallest absolute Gasteiger partial charge is 0.360 e. The zero-order valence-corrected chi connectivity index (χ0v) is 13.4. The van der Waals surface area contributed by atoms with Gasteiger partial charge >= 0.3 is 5.97 Å².